The largest absolute Gasteiger partial charge is 0.365 e. The van der Waals surface area contributed by atoms with Gasteiger partial charge in [0.2, 0.25) is 0 Å². The zero-order valence-corrected chi connectivity index (χ0v) is 10.5. The van der Waals surface area contributed by atoms with E-state index in [0.29, 0.717) is 0 Å². The fourth-order valence-electron chi connectivity index (χ4n) is 2.21. The second kappa shape index (κ2) is 4.78. The van der Waals surface area contributed by atoms with Crippen molar-refractivity contribution in [1.29, 1.82) is 0 Å². The molecule has 0 unspecified atom stereocenters. The van der Waals surface area contributed by atoms with E-state index in [1.165, 1.54) is 5.57 Å². The third kappa shape index (κ3) is 2.22. The summed E-state index contributed by atoms with van der Waals surface area (Å²) in [5, 5.41) is 11.1. The molecule has 0 aromatic carbocycles. The molecule has 0 atom stereocenters. The molecule has 5 heteroatoms. The van der Waals surface area contributed by atoms with Crippen molar-refractivity contribution in [2.24, 2.45) is 0 Å². The average Bonchev–Trinajstić information content (AvgIpc) is 2.78. The van der Waals surface area contributed by atoms with E-state index < -0.39 is 0 Å². The summed E-state index contributed by atoms with van der Waals surface area (Å²) in [7, 11) is 0. The number of aromatic nitrogens is 3. The van der Waals surface area contributed by atoms with Crippen molar-refractivity contribution in [3.8, 4) is 0 Å². The molecule has 0 amide bonds. The standard InChI is InChI=1S/C13H17N5/c1-10-8-12-13(15-6-7-18(12)17-10)16-9-11-2-4-14-5-3-11/h2,6-8,14H,3-5,9H2,1H3,(H,15,16). The van der Waals surface area contributed by atoms with Crippen LogP contribution < -0.4 is 10.6 Å². The Balaban J connectivity index is 1.79. The zero-order chi connectivity index (χ0) is 12.4. The molecule has 3 heterocycles. The SMILES string of the molecule is Cc1cc2c(NCC3=CCNCC3)nccn2n1. The molecule has 2 N–H and O–H groups in total. The lowest BCUT2D eigenvalue weighted by atomic mass is 10.1. The minimum absolute atomic E-state index is 0.860. The normalized spacial score (nSPS) is 15.7. The average molecular weight is 243 g/mol. The van der Waals surface area contributed by atoms with Gasteiger partial charge in [-0.05, 0) is 26.0 Å². The van der Waals surface area contributed by atoms with Gasteiger partial charge in [0.05, 0.1) is 5.69 Å². The van der Waals surface area contributed by atoms with E-state index in [0.717, 1.165) is 43.1 Å². The number of hydrogen-bond acceptors (Lipinski definition) is 4. The second-order valence-corrected chi connectivity index (χ2v) is 4.56. The van der Waals surface area contributed by atoms with Crippen LogP contribution in [0.2, 0.25) is 0 Å². The molecule has 94 valence electrons. The number of nitrogens with one attached hydrogen (secondary N) is 2. The maximum atomic E-state index is 4.39. The highest BCUT2D eigenvalue weighted by Gasteiger charge is 2.07. The van der Waals surface area contributed by atoms with E-state index in [-0.39, 0.29) is 0 Å². The van der Waals surface area contributed by atoms with E-state index in [1.807, 2.05) is 23.7 Å². The van der Waals surface area contributed by atoms with E-state index >= 15 is 0 Å². The molecule has 2 aromatic heterocycles. The Bertz CT molecular complexity index is 584. The highest BCUT2D eigenvalue weighted by atomic mass is 15.2. The molecule has 1 aliphatic rings. The van der Waals surface area contributed by atoms with Crippen LogP contribution in [0.15, 0.2) is 30.1 Å². The van der Waals surface area contributed by atoms with Crippen molar-refractivity contribution in [2.75, 3.05) is 25.0 Å². The van der Waals surface area contributed by atoms with Gasteiger partial charge < -0.3 is 10.6 Å². The fraction of sp³-hybridized carbons (Fsp3) is 0.385. The van der Waals surface area contributed by atoms with Crippen LogP contribution in [0.1, 0.15) is 12.1 Å². The number of rotatable bonds is 3. The number of anilines is 1. The summed E-state index contributed by atoms with van der Waals surface area (Å²) in [6, 6.07) is 2.05. The number of nitrogens with zero attached hydrogens (tertiary/aromatic N) is 3. The summed E-state index contributed by atoms with van der Waals surface area (Å²) < 4.78 is 1.86. The summed E-state index contributed by atoms with van der Waals surface area (Å²) in [6.45, 7) is 4.89. The molecule has 0 radical (unpaired) electrons. The van der Waals surface area contributed by atoms with Crippen LogP contribution >= 0.6 is 0 Å². The Morgan fingerprint density at radius 2 is 2.44 bits per heavy atom. The second-order valence-electron chi connectivity index (χ2n) is 4.56. The van der Waals surface area contributed by atoms with Gasteiger partial charge in [0, 0.05) is 25.5 Å². The first kappa shape index (κ1) is 11.2. The van der Waals surface area contributed by atoms with Crippen LogP contribution in [-0.2, 0) is 0 Å². The van der Waals surface area contributed by atoms with Crippen molar-refractivity contribution in [2.45, 2.75) is 13.3 Å². The summed E-state index contributed by atoms with van der Waals surface area (Å²) in [6.07, 6.45) is 7.00. The lowest BCUT2D eigenvalue weighted by Crippen LogP contribution is -2.23. The van der Waals surface area contributed by atoms with Crippen LogP contribution in [0.5, 0.6) is 0 Å². The number of hydrogen-bond donors (Lipinski definition) is 2. The Kier molecular flexibility index (Phi) is 2.98. The van der Waals surface area contributed by atoms with Crippen molar-refractivity contribution in [3.05, 3.63) is 35.8 Å². The molecule has 0 saturated heterocycles. The van der Waals surface area contributed by atoms with Gasteiger partial charge in [-0.1, -0.05) is 11.6 Å². The highest BCUT2D eigenvalue weighted by molar-refractivity contribution is 5.67. The molecule has 0 saturated carbocycles. The molecular weight excluding hydrogens is 226 g/mol. The lowest BCUT2D eigenvalue weighted by Gasteiger charge is -2.15. The Hall–Kier alpha value is -1.88. The molecule has 0 spiro atoms. The maximum Gasteiger partial charge on any atom is 0.152 e. The predicted molar refractivity (Wildman–Crippen MR) is 71.8 cm³/mol. The lowest BCUT2D eigenvalue weighted by molar-refractivity contribution is 0.697. The van der Waals surface area contributed by atoms with E-state index in [2.05, 4.69) is 26.8 Å². The molecular formula is C13H17N5. The summed E-state index contributed by atoms with van der Waals surface area (Å²) in [5.41, 5.74) is 3.48. The van der Waals surface area contributed by atoms with E-state index in [1.54, 1.807) is 6.20 Å². The molecule has 0 aliphatic carbocycles. The van der Waals surface area contributed by atoms with Gasteiger partial charge in [-0.2, -0.15) is 5.10 Å². The first-order valence-corrected chi connectivity index (χ1v) is 6.26. The zero-order valence-electron chi connectivity index (χ0n) is 10.5. The minimum atomic E-state index is 0.860. The van der Waals surface area contributed by atoms with Crippen molar-refractivity contribution in [3.63, 3.8) is 0 Å². The molecule has 5 nitrogen and oxygen atoms in total. The molecule has 18 heavy (non-hydrogen) atoms. The molecule has 0 bridgehead atoms. The smallest absolute Gasteiger partial charge is 0.152 e. The van der Waals surface area contributed by atoms with Gasteiger partial charge in [-0.15, -0.1) is 0 Å². The van der Waals surface area contributed by atoms with Crippen molar-refractivity contribution in [1.82, 2.24) is 19.9 Å². The first-order valence-electron chi connectivity index (χ1n) is 6.26. The van der Waals surface area contributed by atoms with Gasteiger partial charge in [0.25, 0.3) is 0 Å². The summed E-state index contributed by atoms with van der Waals surface area (Å²) in [5.74, 6) is 0.900. The van der Waals surface area contributed by atoms with Crippen LogP contribution in [-0.4, -0.2) is 34.2 Å². The minimum Gasteiger partial charge on any atom is -0.365 e. The monoisotopic (exact) mass is 243 g/mol. The Morgan fingerprint density at radius 3 is 3.28 bits per heavy atom. The van der Waals surface area contributed by atoms with Crippen LogP contribution in [0.25, 0.3) is 5.52 Å². The Morgan fingerprint density at radius 1 is 1.50 bits per heavy atom. The van der Waals surface area contributed by atoms with Gasteiger partial charge in [-0.25, -0.2) is 9.50 Å². The van der Waals surface area contributed by atoms with E-state index in [9.17, 15) is 0 Å². The van der Waals surface area contributed by atoms with Crippen molar-refractivity contribution >= 4 is 11.3 Å². The summed E-state index contributed by atoms with van der Waals surface area (Å²) in [4.78, 5) is 4.39. The third-order valence-electron chi connectivity index (χ3n) is 3.15. The van der Waals surface area contributed by atoms with E-state index in [4.69, 9.17) is 0 Å². The molecule has 3 rings (SSSR count). The number of aryl methyl sites for hydroxylation is 1. The first-order chi connectivity index (χ1) is 8.83. The van der Waals surface area contributed by atoms with Gasteiger partial charge in [0.1, 0.15) is 5.52 Å². The van der Waals surface area contributed by atoms with Gasteiger partial charge >= 0.3 is 0 Å². The predicted octanol–water partition coefficient (Wildman–Crippen LogP) is 1.37. The topological polar surface area (TPSA) is 54.2 Å². The maximum absolute atomic E-state index is 4.39. The van der Waals surface area contributed by atoms with Gasteiger partial charge in [0.15, 0.2) is 5.82 Å². The van der Waals surface area contributed by atoms with Gasteiger partial charge in [-0.3, -0.25) is 0 Å². The molecule has 0 fully saturated rings. The van der Waals surface area contributed by atoms with Crippen LogP contribution in [0.4, 0.5) is 5.82 Å². The van der Waals surface area contributed by atoms with Crippen LogP contribution in [0, 0.1) is 6.92 Å². The third-order valence-corrected chi connectivity index (χ3v) is 3.15. The molecule has 2 aromatic rings. The number of fused-ring (bicyclic) bond motifs is 1. The summed E-state index contributed by atoms with van der Waals surface area (Å²) >= 11 is 0. The Labute approximate surface area is 106 Å². The molecule has 1 aliphatic heterocycles. The highest BCUT2D eigenvalue weighted by Crippen LogP contribution is 2.15. The fourth-order valence-corrected chi connectivity index (χ4v) is 2.21. The van der Waals surface area contributed by atoms with Crippen LogP contribution in [0.3, 0.4) is 0 Å². The van der Waals surface area contributed by atoms with Crippen molar-refractivity contribution < 1.29 is 0 Å². The quantitative estimate of drug-likeness (QED) is 0.799.